The first kappa shape index (κ1) is 22.0. The van der Waals surface area contributed by atoms with Gasteiger partial charge in [-0.3, -0.25) is 9.69 Å². The first-order valence-corrected chi connectivity index (χ1v) is 12.2. The van der Waals surface area contributed by atoms with E-state index in [4.69, 9.17) is 9.72 Å². The number of aromatic amines is 1. The SMILES string of the molecule is Cc1ccc([C@H](CN2CCOCC2)NCc2nc3sc(-c4ccccc4)cc3c(=O)[nH]2)cc1. The molecule has 2 aromatic carbocycles. The van der Waals surface area contributed by atoms with Crippen molar-refractivity contribution in [3.63, 3.8) is 0 Å². The van der Waals surface area contributed by atoms with E-state index in [1.807, 2.05) is 24.3 Å². The van der Waals surface area contributed by atoms with Crippen molar-refractivity contribution >= 4 is 21.6 Å². The van der Waals surface area contributed by atoms with E-state index in [1.165, 1.54) is 11.1 Å². The lowest BCUT2D eigenvalue weighted by Crippen LogP contribution is -2.42. The van der Waals surface area contributed by atoms with E-state index in [1.54, 1.807) is 11.3 Å². The summed E-state index contributed by atoms with van der Waals surface area (Å²) in [6, 6.07) is 20.8. The van der Waals surface area contributed by atoms with Crippen LogP contribution in [0.2, 0.25) is 0 Å². The summed E-state index contributed by atoms with van der Waals surface area (Å²) in [4.78, 5) is 24.8. The molecule has 2 aromatic heterocycles. The first-order valence-electron chi connectivity index (χ1n) is 11.3. The van der Waals surface area contributed by atoms with Crippen molar-refractivity contribution in [3.05, 3.63) is 88.0 Å². The largest absolute Gasteiger partial charge is 0.379 e. The maximum atomic E-state index is 12.8. The molecule has 1 saturated heterocycles. The highest BCUT2D eigenvalue weighted by molar-refractivity contribution is 7.21. The van der Waals surface area contributed by atoms with Gasteiger partial charge in [0.2, 0.25) is 0 Å². The maximum absolute atomic E-state index is 12.8. The molecule has 0 radical (unpaired) electrons. The lowest BCUT2D eigenvalue weighted by atomic mass is 10.0. The summed E-state index contributed by atoms with van der Waals surface area (Å²) in [5.74, 6) is 0.660. The van der Waals surface area contributed by atoms with Crippen LogP contribution in [0.3, 0.4) is 0 Å². The molecular formula is C26H28N4O2S. The minimum absolute atomic E-state index is 0.0877. The van der Waals surface area contributed by atoms with Crippen molar-refractivity contribution in [2.45, 2.75) is 19.5 Å². The van der Waals surface area contributed by atoms with Crippen LogP contribution in [0, 0.1) is 6.92 Å². The molecule has 170 valence electrons. The lowest BCUT2D eigenvalue weighted by molar-refractivity contribution is 0.0333. The number of nitrogens with zero attached hydrogens (tertiary/aromatic N) is 2. The number of fused-ring (bicyclic) bond motifs is 1. The van der Waals surface area contributed by atoms with Gasteiger partial charge in [0.15, 0.2) is 0 Å². The van der Waals surface area contributed by atoms with Crippen LogP contribution < -0.4 is 10.9 Å². The van der Waals surface area contributed by atoms with Gasteiger partial charge in [0.25, 0.3) is 5.56 Å². The predicted molar refractivity (Wildman–Crippen MR) is 134 cm³/mol. The number of benzene rings is 2. The van der Waals surface area contributed by atoms with Gasteiger partial charge in [0.1, 0.15) is 10.7 Å². The van der Waals surface area contributed by atoms with Crippen molar-refractivity contribution < 1.29 is 4.74 Å². The highest BCUT2D eigenvalue weighted by Gasteiger charge is 2.19. The second-order valence-corrected chi connectivity index (χ2v) is 9.50. The van der Waals surface area contributed by atoms with Crippen LogP contribution in [-0.2, 0) is 11.3 Å². The first-order chi connectivity index (χ1) is 16.2. The molecule has 0 aliphatic carbocycles. The quantitative estimate of drug-likeness (QED) is 0.434. The molecule has 0 saturated carbocycles. The van der Waals surface area contributed by atoms with Gasteiger partial charge in [0, 0.05) is 30.6 Å². The molecular weight excluding hydrogens is 432 g/mol. The Hall–Kier alpha value is -2.84. The number of thiophene rings is 1. The average molecular weight is 461 g/mol. The van der Waals surface area contributed by atoms with E-state index in [0.29, 0.717) is 17.8 Å². The Labute approximate surface area is 197 Å². The van der Waals surface area contributed by atoms with Gasteiger partial charge in [-0.05, 0) is 24.1 Å². The van der Waals surface area contributed by atoms with Gasteiger partial charge in [0.05, 0.1) is 25.1 Å². The van der Waals surface area contributed by atoms with Crippen LogP contribution in [0.1, 0.15) is 23.0 Å². The van der Waals surface area contributed by atoms with E-state index in [0.717, 1.165) is 48.1 Å². The third kappa shape index (κ3) is 5.23. The van der Waals surface area contributed by atoms with Gasteiger partial charge < -0.3 is 15.0 Å². The Kier molecular flexibility index (Phi) is 6.64. The van der Waals surface area contributed by atoms with Crippen LogP contribution in [-0.4, -0.2) is 47.7 Å². The zero-order valence-corrected chi connectivity index (χ0v) is 19.5. The molecule has 7 heteroatoms. The Morgan fingerprint density at radius 1 is 1.12 bits per heavy atom. The Morgan fingerprint density at radius 2 is 1.88 bits per heavy atom. The fraction of sp³-hybridized carbons (Fsp3) is 0.308. The number of morpholine rings is 1. The summed E-state index contributed by atoms with van der Waals surface area (Å²) in [6.45, 7) is 6.89. The molecule has 0 amide bonds. The van der Waals surface area contributed by atoms with E-state index >= 15 is 0 Å². The summed E-state index contributed by atoms with van der Waals surface area (Å²) < 4.78 is 5.51. The number of ether oxygens (including phenoxy) is 1. The number of nitrogens with one attached hydrogen (secondary N) is 2. The molecule has 1 aliphatic heterocycles. The summed E-state index contributed by atoms with van der Waals surface area (Å²) >= 11 is 1.56. The van der Waals surface area contributed by atoms with Crippen molar-refractivity contribution in [2.75, 3.05) is 32.8 Å². The lowest BCUT2D eigenvalue weighted by Gasteiger charge is -2.31. The molecule has 5 rings (SSSR count). The van der Waals surface area contributed by atoms with Gasteiger partial charge >= 0.3 is 0 Å². The number of hydrogen-bond acceptors (Lipinski definition) is 6. The van der Waals surface area contributed by atoms with Crippen molar-refractivity contribution in [1.82, 2.24) is 20.2 Å². The standard InChI is InChI=1S/C26H28N4O2S/c1-18-7-9-19(10-8-18)22(17-30-11-13-32-14-12-30)27-16-24-28-25(31)21-15-23(33-26(21)29-24)20-5-3-2-4-6-20/h2-10,15,22,27H,11-14,16-17H2,1H3,(H,28,29,31)/t22-/m0/s1. The second kappa shape index (κ2) is 9.97. The molecule has 1 aliphatic rings. The summed E-state index contributed by atoms with van der Waals surface area (Å²) in [5.41, 5.74) is 3.49. The topological polar surface area (TPSA) is 70.2 Å². The van der Waals surface area contributed by atoms with Gasteiger partial charge in [-0.1, -0.05) is 60.2 Å². The third-order valence-electron chi connectivity index (χ3n) is 6.05. The molecule has 6 nitrogen and oxygen atoms in total. The van der Waals surface area contributed by atoms with Crippen LogP contribution in [0.4, 0.5) is 0 Å². The average Bonchev–Trinajstić information content (AvgIpc) is 3.29. The Balaban J connectivity index is 1.37. The molecule has 0 spiro atoms. The van der Waals surface area contributed by atoms with Gasteiger partial charge in [-0.15, -0.1) is 11.3 Å². The smallest absolute Gasteiger partial charge is 0.259 e. The van der Waals surface area contributed by atoms with Crippen molar-refractivity contribution in [3.8, 4) is 10.4 Å². The van der Waals surface area contributed by atoms with Crippen LogP contribution >= 0.6 is 11.3 Å². The number of aryl methyl sites for hydroxylation is 1. The summed E-state index contributed by atoms with van der Waals surface area (Å²) in [5, 5.41) is 4.28. The molecule has 0 bridgehead atoms. The summed E-state index contributed by atoms with van der Waals surface area (Å²) in [6.07, 6.45) is 0. The van der Waals surface area contributed by atoms with E-state index < -0.39 is 0 Å². The molecule has 33 heavy (non-hydrogen) atoms. The minimum Gasteiger partial charge on any atom is -0.379 e. The highest BCUT2D eigenvalue weighted by atomic mass is 32.1. The van der Waals surface area contributed by atoms with Crippen molar-refractivity contribution in [1.29, 1.82) is 0 Å². The minimum atomic E-state index is -0.0877. The predicted octanol–water partition coefficient (Wildman–Crippen LogP) is 4.12. The maximum Gasteiger partial charge on any atom is 0.259 e. The number of H-pyrrole nitrogens is 1. The van der Waals surface area contributed by atoms with Gasteiger partial charge in [-0.25, -0.2) is 4.98 Å². The van der Waals surface area contributed by atoms with E-state index in [9.17, 15) is 4.79 Å². The van der Waals surface area contributed by atoms with E-state index in [-0.39, 0.29) is 11.6 Å². The van der Waals surface area contributed by atoms with E-state index in [2.05, 4.69) is 58.5 Å². The Morgan fingerprint density at radius 3 is 2.64 bits per heavy atom. The normalized spacial score (nSPS) is 15.7. The zero-order chi connectivity index (χ0) is 22.6. The third-order valence-corrected chi connectivity index (χ3v) is 7.13. The summed E-state index contributed by atoms with van der Waals surface area (Å²) in [7, 11) is 0. The molecule has 2 N–H and O–H groups in total. The molecule has 3 heterocycles. The molecule has 4 aromatic rings. The fourth-order valence-corrected chi connectivity index (χ4v) is 5.21. The van der Waals surface area contributed by atoms with Crippen LogP contribution in [0.15, 0.2) is 65.5 Å². The number of hydrogen-bond donors (Lipinski definition) is 2. The zero-order valence-electron chi connectivity index (χ0n) is 18.7. The Bertz CT molecular complexity index is 1260. The van der Waals surface area contributed by atoms with Crippen molar-refractivity contribution in [2.24, 2.45) is 0 Å². The molecule has 1 fully saturated rings. The highest BCUT2D eigenvalue weighted by Crippen LogP contribution is 2.30. The second-order valence-electron chi connectivity index (χ2n) is 8.47. The number of rotatable bonds is 7. The van der Waals surface area contributed by atoms with Crippen LogP contribution in [0.25, 0.3) is 20.7 Å². The molecule has 1 atom stereocenters. The fourth-order valence-electron chi connectivity index (χ4n) is 4.15. The van der Waals surface area contributed by atoms with Gasteiger partial charge in [-0.2, -0.15) is 0 Å². The molecule has 0 unspecified atom stereocenters. The number of aromatic nitrogens is 2. The monoisotopic (exact) mass is 460 g/mol. The van der Waals surface area contributed by atoms with Crippen LogP contribution in [0.5, 0.6) is 0 Å².